The number of rotatable bonds is 6. The quantitative estimate of drug-likeness (QED) is 0.618. The van der Waals surface area contributed by atoms with Crippen LogP contribution in [0.4, 0.5) is 4.79 Å². The van der Waals surface area contributed by atoms with E-state index >= 15 is 0 Å². The lowest BCUT2D eigenvalue weighted by molar-refractivity contribution is 0.193. The van der Waals surface area contributed by atoms with E-state index in [-0.39, 0.29) is 12.1 Å². The Morgan fingerprint density at radius 3 is 2.77 bits per heavy atom. The maximum atomic E-state index is 11.9. The molecule has 1 unspecified atom stereocenters. The standard InChI is InChI=1S/C20H23N3O3/c1-25-13-7-12-21-20(24)23-22-17-14-19(15-8-3-2-4-9-15)26-18-11-6-5-10-16(17)18/h2-6,8-11,19H,7,12-14H2,1H3,(H2,21,23,24). The zero-order valence-electron chi connectivity index (χ0n) is 14.8. The molecule has 2 amide bonds. The lowest BCUT2D eigenvalue weighted by atomic mass is 9.96. The minimum absolute atomic E-state index is 0.128. The van der Waals surface area contributed by atoms with Gasteiger partial charge in [-0.2, -0.15) is 5.10 Å². The van der Waals surface area contributed by atoms with Crippen LogP contribution in [0.15, 0.2) is 59.7 Å². The minimum Gasteiger partial charge on any atom is -0.485 e. The van der Waals surface area contributed by atoms with Gasteiger partial charge in [0.15, 0.2) is 0 Å². The number of methoxy groups -OCH3 is 1. The van der Waals surface area contributed by atoms with Crippen molar-refractivity contribution in [1.82, 2.24) is 10.7 Å². The molecule has 1 aliphatic rings. The van der Waals surface area contributed by atoms with Crippen molar-refractivity contribution in [1.29, 1.82) is 0 Å². The molecule has 6 heteroatoms. The first-order valence-corrected chi connectivity index (χ1v) is 8.68. The maximum Gasteiger partial charge on any atom is 0.335 e. The number of fused-ring (bicyclic) bond motifs is 1. The van der Waals surface area contributed by atoms with E-state index in [0.717, 1.165) is 29.0 Å². The van der Waals surface area contributed by atoms with Gasteiger partial charge in [-0.15, -0.1) is 0 Å². The normalized spacial score (nSPS) is 17.3. The van der Waals surface area contributed by atoms with Crippen LogP contribution in [0.5, 0.6) is 5.75 Å². The molecule has 2 aromatic carbocycles. The number of para-hydroxylation sites is 1. The smallest absolute Gasteiger partial charge is 0.335 e. The molecular formula is C20H23N3O3. The van der Waals surface area contributed by atoms with Crippen molar-refractivity contribution in [3.63, 3.8) is 0 Å². The predicted molar refractivity (Wildman–Crippen MR) is 100 cm³/mol. The number of ether oxygens (including phenoxy) is 2. The number of amides is 2. The molecule has 1 aliphatic heterocycles. The van der Waals surface area contributed by atoms with Crippen molar-refractivity contribution in [3.05, 3.63) is 65.7 Å². The van der Waals surface area contributed by atoms with Gasteiger partial charge in [0.1, 0.15) is 11.9 Å². The summed E-state index contributed by atoms with van der Waals surface area (Å²) in [7, 11) is 1.64. The molecule has 0 aromatic heterocycles. The van der Waals surface area contributed by atoms with Gasteiger partial charge in [-0.05, 0) is 24.1 Å². The Hall–Kier alpha value is -2.86. The zero-order chi connectivity index (χ0) is 18.2. The largest absolute Gasteiger partial charge is 0.485 e. The van der Waals surface area contributed by atoms with E-state index < -0.39 is 0 Å². The predicted octanol–water partition coefficient (Wildman–Crippen LogP) is 3.25. The molecule has 26 heavy (non-hydrogen) atoms. The van der Waals surface area contributed by atoms with Crippen LogP contribution in [0.3, 0.4) is 0 Å². The third-order valence-corrected chi connectivity index (χ3v) is 4.12. The third-order valence-electron chi connectivity index (χ3n) is 4.12. The number of benzene rings is 2. The van der Waals surface area contributed by atoms with E-state index in [9.17, 15) is 4.79 Å². The second-order valence-corrected chi connectivity index (χ2v) is 5.99. The molecule has 0 bridgehead atoms. The summed E-state index contributed by atoms with van der Waals surface area (Å²) in [5.74, 6) is 0.772. The molecule has 0 radical (unpaired) electrons. The molecular weight excluding hydrogens is 330 g/mol. The molecule has 0 aliphatic carbocycles. The van der Waals surface area contributed by atoms with E-state index in [2.05, 4.69) is 15.8 Å². The van der Waals surface area contributed by atoms with Crippen LogP contribution in [-0.2, 0) is 4.74 Å². The van der Waals surface area contributed by atoms with Crippen LogP contribution in [0.1, 0.15) is 30.1 Å². The molecule has 136 valence electrons. The van der Waals surface area contributed by atoms with Crippen molar-refractivity contribution < 1.29 is 14.3 Å². The maximum absolute atomic E-state index is 11.9. The molecule has 0 fully saturated rings. The average molecular weight is 353 g/mol. The average Bonchev–Trinajstić information content (AvgIpc) is 2.70. The lowest BCUT2D eigenvalue weighted by Gasteiger charge is -2.27. The highest BCUT2D eigenvalue weighted by molar-refractivity contribution is 6.04. The Morgan fingerprint density at radius 2 is 1.96 bits per heavy atom. The summed E-state index contributed by atoms with van der Waals surface area (Å²) in [5.41, 5.74) is 5.37. The Balaban J connectivity index is 1.71. The van der Waals surface area contributed by atoms with Crippen LogP contribution in [0.25, 0.3) is 0 Å². The second kappa shape index (κ2) is 9.01. The van der Waals surface area contributed by atoms with Gasteiger partial charge in [-0.1, -0.05) is 42.5 Å². The first kappa shape index (κ1) is 17.9. The number of urea groups is 1. The molecule has 2 N–H and O–H groups in total. The molecule has 1 heterocycles. The van der Waals surface area contributed by atoms with Crippen molar-refractivity contribution in [3.8, 4) is 5.75 Å². The fourth-order valence-electron chi connectivity index (χ4n) is 2.82. The van der Waals surface area contributed by atoms with Crippen LogP contribution < -0.4 is 15.5 Å². The Morgan fingerprint density at radius 1 is 1.19 bits per heavy atom. The van der Waals surface area contributed by atoms with Crippen molar-refractivity contribution in [2.24, 2.45) is 5.10 Å². The van der Waals surface area contributed by atoms with Crippen LogP contribution in [-0.4, -0.2) is 32.0 Å². The highest BCUT2D eigenvalue weighted by Gasteiger charge is 2.26. The van der Waals surface area contributed by atoms with E-state index in [0.29, 0.717) is 19.6 Å². The molecule has 0 saturated carbocycles. The Bertz CT molecular complexity index is 762. The first-order valence-electron chi connectivity index (χ1n) is 8.68. The molecule has 0 saturated heterocycles. The summed E-state index contributed by atoms with van der Waals surface area (Å²) >= 11 is 0. The summed E-state index contributed by atoms with van der Waals surface area (Å²) in [6.45, 7) is 1.15. The Kier molecular flexibility index (Phi) is 6.22. The number of hydrogen-bond donors (Lipinski definition) is 2. The monoisotopic (exact) mass is 353 g/mol. The molecule has 3 rings (SSSR count). The summed E-state index contributed by atoms with van der Waals surface area (Å²) in [6, 6.07) is 17.4. The lowest BCUT2D eigenvalue weighted by Crippen LogP contribution is -2.34. The summed E-state index contributed by atoms with van der Waals surface area (Å²) < 4.78 is 11.1. The number of nitrogens with one attached hydrogen (secondary N) is 2. The van der Waals surface area contributed by atoms with E-state index in [1.54, 1.807) is 7.11 Å². The van der Waals surface area contributed by atoms with Crippen molar-refractivity contribution >= 4 is 11.7 Å². The summed E-state index contributed by atoms with van der Waals surface area (Å²) in [4.78, 5) is 11.9. The van der Waals surface area contributed by atoms with Gasteiger partial charge in [-0.3, -0.25) is 0 Å². The van der Waals surface area contributed by atoms with Gasteiger partial charge in [-0.25, -0.2) is 10.2 Å². The van der Waals surface area contributed by atoms with Gasteiger partial charge in [0.2, 0.25) is 0 Å². The molecule has 1 atom stereocenters. The third kappa shape index (κ3) is 4.61. The van der Waals surface area contributed by atoms with Gasteiger partial charge in [0.25, 0.3) is 0 Å². The minimum atomic E-state index is -0.325. The highest BCUT2D eigenvalue weighted by Crippen LogP contribution is 2.34. The molecule has 6 nitrogen and oxygen atoms in total. The van der Waals surface area contributed by atoms with E-state index in [4.69, 9.17) is 9.47 Å². The van der Waals surface area contributed by atoms with Crippen LogP contribution >= 0.6 is 0 Å². The van der Waals surface area contributed by atoms with Crippen molar-refractivity contribution in [2.45, 2.75) is 18.9 Å². The van der Waals surface area contributed by atoms with Crippen LogP contribution in [0, 0.1) is 0 Å². The number of nitrogens with zero attached hydrogens (tertiary/aromatic N) is 1. The van der Waals surface area contributed by atoms with Crippen molar-refractivity contribution in [2.75, 3.05) is 20.3 Å². The number of carbonyl (C=O) groups is 1. The van der Waals surface area contributed by atoms with Gasteiger partial charge in [0, 0.05) is 32.2 Å². The zero-order valence-corrected chi connectivity index (χ0v) is 14.8. The first-order chi connectivity index (χ1) is 12.8. The fraction of sp³-hybridized carbons (Fsp3) is 0.300. The van der Waals surface area contributed by atoms with Gasteiger partial charge >= 0.3 is 6.03 Å². The SMILES string of the molecule is COCCCNC(=O)NN=C1CC(c2ccccc2)Oc2ccccc21. The summed E-state index contributed by atoms with van der Waals surface area (Å²) in [6.07, 6.45) is 1.22. The van der Waals surface area contributed by atoms with Gasteiger partial charge in [0.05, 0.1) is 5.71 Å². The van der Waals surface area contributed by atoms with E-state index in [1.807, 2.05) is 54.6 Å². The number of carbonyl (C=O) groups excluding carboxylic acids is 1. The molecule has 2 aromatic rings. The number of hydrogen-bond acceptors (Lipinski definition) is 4. The molecule has 0 spiro atoms. The second-order valence-electron chi connectivity index (χ2n) is 5.99. The number of hydrazone groups is 1. The van der Waals surface area contributed by atoms with Crippen LogP contribution in [0.2, 0.25) is 0 Å². The fourth-order valence-corrected chi connectivity index (χ4v) is 2.82. The topological polar surface area (TPSA) is 72.0 Å². The van der Waals surface area contributed by atoms with Gasteiger partial charge < -0.3 is 14.8 Å². The Labute approximate surface area is 153 Å². The summed E-state index contributed by atoms with van der Waals surface area (Å²) in [5, 5.41) is 7.10. The van der Waals surface area contributed by atoms with E-state index in [1.165, 1.54) is 0 Å². The highest BCUT2D eigenvalue weighted by atomic mass is 16.5.